The third-order valence-corrected chi connectivity index (χ3v) is 3.25. The number of hydrogen-bond acceptors (Lipinski definition) is 4. The Morgan fingerprint density at radius 1 is 1.44 bits per heavy atom. The molecular weight excluding hydrogens is 228 g/mol. The van der Waals surface area contributed by atoms with Gasteiger partial charge < -0.3 is 10.4 Å². The molecule has 0 saturated heterocycles. The quantitative estimate of drug-likeness (QED) is 0.773. The Labute approximate surface area is 107 Å². The van der Waals surface area contributed by atoms with E-state index in [2.05, 4.69) is 22.2 Å². The van der Waals surface area contributed by atoms with Crippen LogP contribution in [0.5, 0.6) is 0 Å². The second-order valence-electron chi connectivity index (χ2n) is 4.47. The molecule has 0 aliphatic carbocycles. The highest BCUT2D eigenvalue weighted by molar-refractivity contribution is 5.36. The van der Waals surface area contributed by atoms with Crippen LogP contribution in [0.2, 0.25) is 0 Å². The Bertz CT molecular complexity index is 483. The van der Waals surface area contributed by atoms with Gasteiger partial charge in [0.15, 0.2) is 5.65 Å². The first-order valence-corrected chi connectivity index (χ1v) is 6.42. The molecule has 1 atom stereocenters. The number of aliphatic hydroxyl groups is 1. The van der Waals surface area contributed by atoms with Crippen LogP contribution in [-0.4, -0.2) is 32.6 Å². The van der Waals surface area contributed by atoms with Crippen LogP contribution in [0.25, 0.3) is 5.65 Å². The van der Waals surface area contributed by atoms with Crippen LogP contribution in [0.15, 0.2) is 24.8 Å². The fraction of sp³-hybridized carbons (Fsp3) is 0.538. The Balaban J connectivity index is 1.90. The van der Waals surface area contributed by atoms with Gasteiger partial charge in [0.05, 0.1) is 18.1 Å². The summed E-state index contributed by atoms with van der Waals surface area (Å²) in [6, 6.07) is 0. The van der Waals surface area contributed by atoms with Gasteiger partial charge in [-0.3, -0.25) is 9.38 Å². The van der Waals surface area contributed by atoms with Gasteiger partial charge in [-0.1, -0.05) is 13.3 Å². The first-order chi connectivity index (χ1) is 8.85. The highest BCUT2D eigenvalue weighted by atomic mass is 16.3. The lowest BCUT2D eigenvalue weighted by molar-refractivity contribution is 0.251. The van der Waals surface area contributed by atoms with Gasteiger partial charge in [-0.2, -0.15) is 0 Å². The van der Waals surface area contributed by atoms with Crippen molar-refractivity contribution in [2.45, 2.75) is 26.3 Å². The molecule has 0 bridgehead atoms. The number of aromatic nitrogens is 3. The van der Waals surface area contributed by atoms with Crippen LogP contribution in [-0.2, 0) is 6.54 Å². The van der Waals surface area contributed by atoms with Gasteiger partial charge in [0.2, 0.25) is 0 Å². The van der Waals surface area contributed by atoms with Crippen molar-refractivity contribution >= 4 is 5.65 Å². The summed E-state index contributed by atoms with van der Waals surface area (Å²) in [6.45, 7) is 4.13. The molecule has 0 saturated carbocycles. The summed E-state index contributed by atoms with van der Waals surface area (Å²) in [4.78, 5) is 8.33. The van der Waals surface area contributed by atoms with Crippen LogP contribution in [0, 0.1) is 5.92 Å². The summed E-state index contributed by atoms with van der Waals surface area (Å²) >= 11 is 0. The molecule has 98 valence electrons. The smallest absolute Gasteiger partial charge is 0.155 e. The lowest BCUT2D eigenvalue weighted by Crippen LogP contribution is -2.23. The maximum atomic E-state index is 8.94. The molecule has 2 aromatic rings. The molecule has 18 heavy (non-hydrogen) atoms. The van der Waals surface area contributed by atoms with E-state index in [-0.39, 0.29) is 6.61 Å². The molecule has 0 amide bonds. The van der Waals surface area contributed by atoms with Gasteiger partial charge in [-0.25, -0.2) is 4.98 Å². The zero-order valence-corrected chi connectivity index (χ0v) is 10.7. The molecule has 5 nitrogen and oxygen atoms in total. The molecule has 2 rings (SSSR count). The molecule has 0 fully saturated rings. The van der Waals surface area contributed by atoms with E-state index in [0.717, 1.165) is 37.3 Å². The molecule has 2 N–H and O–H groups in total. The van der Waals surface area contributed by atoms with Crippen molar-refractivity contribution < 1.29 is 5.11 Å². The van der Waals surface area contributed by atoms with Gasteiger partial charge in [-0.05, 0) is 18.9 Å². The largest absolute Gasteiger partial charge is 0.396 e. The number of rotatable bonds is 7. The highest BCUT2D eigenvalue weighted by Crippen LogP contribution is 2.07. The van der Waals surface area contributed by atoms with Crippen molar-refractivity contribution in [2.24, 2.45) is 5.92 Å². The van der Waals surface area contributed by atoms with Crippen molar-refractivity contribution in [3.63, 3.8) is 0 Å². The van der Waals surface area contributed by atoms with E-state index in [1.54, 1.807) is 12.4 Å². The molecule has 0 aliphatic rings. The maximum Gasteiger partial charge on any atom is 0.155 e. The number of imidazole rings is 1. The third-order valence-electron chi connectivity index (χ3n) is 3.25. The van der Waals surface area contributed by atoms with E-state index in [0.29, 0.717) is 5.92 Å². The van der Waals surface area contributed by atoms with Crippen LogP contribution in [0.1, 0.15) is 25.5 Å². The predicted octanol–water partition coefficient (Wildman–Crippen LogP) is 1.23. The minimum Gasteiger partial charge on any atom is -0.396 e. The average molecular weight is 248 g/mol. The van der Waals surface area contributed by atoms with Gasteiger partial charge in [-0.15, -0.1) is 0 Å². The van der Waals surface area contributed by atoms with Gasteiger partial charge in [0.1, 0.15) is 0 Å². The normalized spacial score (nSPS) is 13.0. The lowest BCUT2D eigenvalue weighted by atomic mass is 10.0. The molecule has 2 heterocycles. The molecule has 0 spiro atoms. The molecule has 0 radical (unpaired) electrons. The first-order valence-electron chi connectivity index (χ1n) is 6.42. The zero-order valence-electron chi connectivity index (χ0n) is 10.7. The first kappa shape index (κ1) is 13.0. The van der Waals surface area contributed by atoms with Crippen molar-refractivity contribution in [2.75, 3.05) is 13.2 Å². The van der Waals surface area contributed by atoms with E-state index in [1.807, 2.05) is 16.8 Å². The summed E-state index contributed by atoms with van der Waals surface area (Å²) in [5.74, 6) is 0.538. The van der Waals surface area contributed by atoms with Crippen molar-refractivity contribution in [3.8, 4) is 0 Å². The van der Waals surface area contributed by atoms with E-state index < -0.39 is 0 Å². The average Bonchev–Trinajstić information content (AvgIpc) is 2.81. The standard InChI is InChI=1S/C13H20N4O/c1-2-11(3-6-18)7-15-8-12-9-16-13-10-14-4-5-17(12)13/h4-5,9-11,15,18H,2-3,6-8H2,1H3. The van der Waals surface area contributed by atoms with Crippen molar-refractivity contribution in [1.82, 2.24) is 19.7 Å². The molecule has 5 heteroatoms. The molecule has 0 aliphatic heterocycles. The number of hydrogen-bond donors (Lipinski definition) is 2. The minimum atomic E-state index is 0.265. The SMILES string of the molecule is CCC(CCO)CNCc1cnc2cnccn12. The second kappa shape index (κ2) is 6.47. The van der Waals surface area contributed by atoms with E-state index in [4.69, 9.17) is 5.11 Å². The molecule has 1 unspecified atom stereocenters. The fourth-order valence-electron chi connectivity index (χ4n) is 2.06. The summed E-state index contributed by atoms with van der Waals surface area (Å²) in [7, 11) is 0. The van der Waals surface area contributed by atoms with Gasteiger partial charge >= 0.3 is 0 Å². The van der Waals surface area contributed by atoms with Crippen LogP contribution in [0.3, 0.4) is 0 Å². The number of aliphatic hydroxyl groups excluding tert-OH is 1. The molecule has 2 aromatic heterocycles. The maximum absolute atomic E-state index is 8.94. The number of nitrogens with one attached hydrogen (secondary N) is 1. The minimum absolute atomic E-state index is 0.265. The third kappa shape index (κ3) is 3.05. The van der Waals surface area contributed by atoms with Crippen LogP contribution < -0.4 is 5.32 Å². The number of fused-ring (bicyclic) bond motifs is 1. The van der Waals surface area contributed by atoms with Crippen LogP contribution in [0.4, 0.5) is 0 Å². The summed E-state index contributed by atoms with van der Waals surface area (Å²) in [5, 5.41) is 12.4. The number of nitrogens with zero attached hydrogens (tertiary/aromatic N) is 3. The summed E-state index contributed by atoms with van der Waals surface area (Å²) in [5.41, 5.74) is 2.00. The lowest BCUT2D eigenvalue weighted by Gasteiger charge is -2.14. The monoisotopic (exact) mass is 248 g/mol. The Hall–Kier alpha value is -1.46. The summed E-state index contributed by atoms with van der Waals surface area (Å²) in [6.07, 6.45) is 9.26. The summed E-state index contributed by atoms with van der Waals surface area (Å²) < 4.78 is 2.03. The topological polar surface area (TPSA) is 62.5 Å². The highest BCUT2D eigenvalue weighted by Gasteiger charge is 2.06. The molecular formula is C13H20N4O. The Morgan fingerprint density at radius 3 is 3.11 bits per heavy atom. The zero-order chi connectivity index (χ0) is 12.8. The Kier molecular flexibility index (Phi) is 4.66. The second-order valence-corrected chi connectivity index (χ2v) is 4.47. The van der Waals surface area contributed by atoms with E-state index in [1.165, 1.54) is 0 Å². The van der Waals surface area contributed by atoms with E-state index in [9.17, 15) is 0 Å². The Morgan fingerprint density at radius 2 is 2.33 bits per heavy atom. The van der Waals surface area contributed by atoms with Gasteiger partial charge in [0, 0.05) is 25.5 Å². The van der Waals surface area contributed by atoms with Crippen molar-refractivity contribution in [3.05, 3.63) is 30.5 Å². The van der Waals surface area contributed by atoms with E-state index >= 15 is 0 Å². The van der Waals surface area contributed by atoms with Crippen LogP contribution >= 0.6 is 0 Å². The fourth-order valence-corrected chi connectivity index (χ4v) is 2.06. The van der Waals surface area contributed by atoms with Gasteiger partial charge in [0.25, 0.3) is 0 Å². The molecule has 0 aromatic carbocycles. The predicted molar refractivity (Wildman–Crippen MR) is 70.2 cm³/mol. The van der Waals surface area contributed by atoms with Crippen molar-refractivity contribution in [1.29, 1.82) is 0 Å².